The van der Waals surface area contributed by atoms with Crippen molar-refractivity contribution in [2.24, 2.45) is 0 Å². The summed E-state index contributed by atoms with van der Waals surface area (Å²) in [6.45, 7) is 3.07. The standard InChI is InChI=1S/C13H16N2OS/c1-9-2-5-12(17-9)11-8-15-13(16-11)6-7-14-10-3-4-10/h2,5,8,10,14H,3-4,6-7H2,1H3. The van der Waals surface area contributed by atoms with E-state index in [0.717, 1.165) is 35.5 Å². The summed E-state index contributed by atoms with van der Waals surface area (Å²) in [6.07, 6.45) is 5.36. The van der Waals surface area contributed by atoms with Gasteiger partial charge in [0, 0.05) is 23.9 Å². The fraction of sp³-hybridized carbons (Fsp3) is 0.462. The molecule has 0 bridgehead atoms. The van der Waals surface area contributed by atoms with Gasteiger partial charge in [-0.1, -0.05) is 0 Å². The number of hydrogen-bond acceptors (Lipinski definition) is 4. The molecule has 90 valence electrons. The smallest absolute Gasteiger partial charge is 0.196 e. The summed E-state index contributed by atoms with van der Waals surface area (Å²) in [5.74, 6) is 1.73. The predicted molar refractivity (Wildman–Crippen MR) is 69.3 cm³/mol. The van der Waals surface area contributed by atoms with Crippen LogP contribution in [-0.2, 0) is 6.42 Å². The third-order valence-corrected chi connectivity index (χ3v) is 3.90. The van der Waals surface area contributed by atoms with Crippen LogP contribution in [0.1, 0.15) is 23.6 Å². The van der Waals surface area contributed by atoms with Gasteiger partial charge in [0.1, 0.15) is 0 Å². The molecule has 3 nitrogen and oxygen atoms in total. The Morgan fingerprint density at radius 3 is 3.06 bits per heavy atom. The van der Waals surface area contributed by atoms with Gasteiger partial charge in [0.25, 0.3) is 0 Å². The lowest BCUT2D eigenvalue weighted by Gasteiger charge is -1.98. The lowest BCUT2D eigenvalue weighted by molar-refractivity contribution is 0.495. The average molecular weight is 248 g/mol. The Morgan fingerprint density at radius 2 is 2.35 bits per heavy atom. The summed E-state index contributed by atoms with van der Waals surface area (Å²) in [7, 11) is 0. The molecule has 2 aromatic heterocycles. The van der Waals surface area contributed by atoms with Crippen LogP contribution in [0, 0.1) is 6.92 Å². The summed E-state index contributed by atoms with van der Waals surface area (Å²) in [5, 5.41) is 3.46. The number of nitrogens with one attached hydrogen (secondary N) is 1. The summed E-state index contributed by atoms with van der Waals surface area (Å²) in [6, 6.07) is 4.95. The molecule has 0 aliphatic heterocycles. The van der Waals surface area contributed by atoms with Gasteiger partial charge in [-0.3, -0.25) is 0 Å². The Kier molecular flexibility index (Phi) is 2.99. The Balaban J connectivity index is 1.61. The molecule has 1 aliphatic rings. The van der Waals surface area contributed by atoms with Crippen LogP contribution in [0.25, 0.3) is 10.6 Å². The molecule has 0 aromatic carbocycles. The third kappa shape index (κ3) is 2.76. The van der Waals surface area contributed by atoms with E-state index in [1.54, 1.807) is 11.3 Å². The predicted octanol–water partition coefficient (Wildman–Crippen LogP) is 3.01. The van der Waals surface area contributed by atoms with Crippen molar-refractivity contribution in [3.05, 3.63) is 29.1 Å². The van der Waals surface area contributed by atoms with E-state index in [2.05, 4.69) is 29.4 Å². The SMILES string of the molecule is Cc1ccc(-c2cnc(CCNC3CC3)o2)s1. The molecular formula is C13H16N2OS. The van der Waals surface area contributed by atoms with E-state index >= 15 is 0 Å². The van der Waals surface area contributed by atoms with E-state index < -0.39 is 0 Å². The van der Waals surface area contributed by atoms with E-state index in [-0.39, 0.29) is 0 Å². The maximum atomic E-state index is 5.74. The molecule has 2 heterocycles. The first-order valence-electron chi connectivity index (χ1n) is 6.06. The lowest BCUT2D eigenvalue weighted by atomic mass is 10.4. The highest BCUT2D eigenvalue weighted by atomic mass is 32.1. The van der Waals surface area contributed by atoms with Crippen molar-refractivity contribution in [2.75, 3.05) is 6.54 Å². The van der Waals surface area contributed by atoms with Gasteiger partial charge in [0.15, 0.2) is 11.7 Å². The molecule has 1 N–H and O–H groups in total. The molecule has 0 unspecified atom stereocenters. The van der Waals surface area contributed by atoms with Crippen LogP contribution in [0.3, 0.4) is 0 Å². The van der Waals surface area contributed by atoms with Gasteiger partial charge in [-0.15, -0.1) is 11.3 Å². The van der Waals surface area contributed by atoms with E-state index in [1.807, 2.05) is 6.20 Å². The first kappa shape index (κ1) is 11.0. The molecule has 1 fully saturated rings. The first-order valence-corrected chi connectivity index (χ1v) is 6.88. The van der Waals surface area contributed by atoms with Crippen LogP contribution in [-0.4, -0.2) is 17.6 Å². The number of thiophene rings is 1. The largest absolute Gasteiger partial charge is 0.440 e. The number of rotatable bonds is 5. The summed E-state index contributed by atoms with van der Waals surface area (Å²) >= 11 is 1.74. The van der Waals surface area contributed by atoms with Crippen molar-refractivity contribution in [2.45, 2.75) is 32.2 Å². The van der Waals surface area contributed by atoms with Crippen LogP contribution in [0.2, 0.25) is 0 Å². The number of aromatic nitrogens is 1. The van der Waals surface area contributed by atoms with Crippen molar-refractivity contribution < 1.29 is 4.42 Å². The topological polar surface area (TPSA) is 38.1 Å². The second kappa shape index (κ2) is 4.63. The van der Waals surface area contributed by atoms with E-state index in [9.17, 15) is 0 Å². The quantitative estimate of drug-likeness (QED) is 0.884. The minimum atomic E-state index is 0.754. The van der Waals surface area contributed by atoms with E-state index in [4.69, 9.17) is 4.42 Å². The molecule has 0 saturated heterocycles. The minimum absolute atomic E-state index is 0.754. The van der Waals surface area contributed by atoms with E-state index in [1.165, 1.54) is 17.7 Å². The molecule has 0 atom stereocenters. The van der Waals surface area contributed by atoms with Crippen LogP contribution in [0.4, 0.5) is 0 Å². The van der Waals surface area contributed by atoms with Crippen LogP contribution in [0.15, 0.2) is 22.7 Å². The fourth-order valence-corrected chi connectivity index (χ4v) is 2.59. The zero-order valence-electron chi connectivity index (χ0n) is 9.90. The van der Waals surface area contributed by atoms with Gasteiger partial charge in [0.05, 0.1) is 11.1 Å². The van der Waals surface area contributed by atoms with Gasteiger partial charge in [0.2, 0.25) is 0 Å². The van der Waals surface area contributed by atoms with Gasteiger partial charge in [-0.2, -0.15) is 0 Å². The molecule has 4 heteroatoms. The lowest BCUT2D eigenvalue weighted by Crippen LogP contribution is -2.19. The molecule has 2 aromatic rings. The van der Waals surface area contributed by atoms with Crippen molar-refractivity contribution in [1.29, 1.82) is 0 Å². The van der Waals surface area contributed by atoms with Crippen molar-refractivity contribution in [3.8, 4) is 10.6 Å². The number of aryl methyl sites for hydroxylation is 1. The number of nitrogens with zero attached hydrogens (tertiary/aromatic N) is 1. The van der Waals surface area contributed by atoms with Gasteiger partial charge >= 0.3 is 0 Å². The molecule has 0 spiro atoms. The molecule has 17 heavy (non-hydrogen) atoms. The van der Waals surface area contributed by atoms with Gasteiger partial charge in [-0.05, 0) is 31.9 Å². The minimum Gasteiger partial charge on any atom is -0.440 e. The van der Waals surface area contributed by atoms with Crippen LogP contribution >= 0.6 is 11.3 Å². The maximum absolute atomic E-state index is 5.74. The zero-order chi connectivity index (χ0) is 11.7. The number of hydrogen-bond donors (Lipinski definition) is 1. The highest BCUT2D eigenvalue weighted by Crippen LogP contribution is 2.28. The van der Waals surface area contributed by atoms with Crippen molar-refractivity contribution in [3.63, 3.8) is 0 Å². The first-order chi connectivity index (χ1) is 8.31. The Labute approximate surface area is 105 Å². The van der Waals surface area contributed by atoms with Crippen LogP contribution < -0.4 is 5.32 Å². The second-order valence-electron chi connectivity index (χ2n) is 4.51. The fourth-order valence-electron chi connectivity index (χ4n) is 1.78. The molecule has 1 saturated carbocycles. The Morgan fingerprint density at radius 1 is 1.47 bits per heavy atom. The summed E-state index contributed by atoms with van der Waals surface area (Å²) in [4.78, 5) is 6.78. The van der Waals surface area contributed by atoms with Gasteiger partial charge < -0.3 is 9.73 Å². The van der Waals surface area contributed by atoms with Crippen LogP contribution in [0.5, 0.6) is 0 Å². The zero-order valence-corrected chi connectivity index (χ0v) is 10.7. The monoisotopic (exact) mass is 248 g/mol. The normalized spacial score (nSPS) is 15.4. The molecule has 3 rings (SSSR count). The second-order valence-corrected chi connectivity index (χ2v) is 5.79. The Bertz CT molecular complexity index is 499. The summed E-state index contributed by atoms with van der Waals surface area (Å²) < 4.78 is 5.74. The third-order valence-electron chi connectivity index (χ3n) is 2.89. The molecule has 0 radical (unpaired) electrons. The highest BCUT2D eigenvalue weighted by molar-refractivity contribution is 7.15. The molecule has 0 amide bonds. The molecule has 1 aliphatic carbocycles. The van der Waals surface area contributed by atoms with E-state index in [0.29, 0.717) is 0 Å². The summed E-state index contributed by atoms with van der Waals surface area (Å²) in [5.41, 5.74) is 0. The number of oxazole rings is 1. The molecular weight excluding hydrogens is 232 g/mol. The van der Waals surface area contributed by atoms with Gasteiger partial charge in [-0.25, -0.2) is 4.98 Å². The Hall–Kier alpha value is -1.13. The van der Waals surface area contributed by atoms with Crippen molar-refractivity contribution >= 4 is 11.3 Å². The maximum Gasteiger partial charge on any atom is 0.196 e. The highest BCUT2D eigenvalue weighted by Gasteiger charge is 2.20. The average Bonchev–Trinajstić information content (AvgIpc) is 2.85. The van der Waals surface area contributed by atoms with Crippen molar-refractivity contribution in [1.82, 2.24) is 10.3 Å².